The minimum Gasteiger partial charge on any atom is -0.466 e. The third kappa shape index (κ3) is 11.8. The first kappa shape index (κ1) is 22.3. The summed E-state index contributed by atoms with van der Waals surface area (Å²) in [6.45, 7) is 3.76. The zero-order chi connectivity index (χ0) is 18.2. The average molecular weight is 342 g/mol. The molecule has 0 aromatic rings. The van der Waals surface area contributed by atoms with E-state index in [1.54, 1.807) is 13.0 Å². The zero-order valence-electron chi connectivity index (χ0n) is 14.8. The smallest absolute Gasteiger partial charge is 0.321 e. The predicted molar refractivity (Wildman–Crippen MR) is 90.1 cm³/mol. The van der Waals surface area contributed by atoms with Crippen LogP contribution in [0, 0.1) is 5.92 Å². The molecule has 0 rings (SSSR count). The highest BCUT2D eigenvalue weighted by atomic mass is 16.6. The second kappa shape index (κ2) is 14.9. The van der Waals surface area contributed by atoms with E-state index in [1.165, 1.54) is 6.42 Å². The van der Waals surface area contributed by atoms with Crippen molar-refractivity contribution in [2.45, 2.75) is 65.2 Å². The number of hydrogen-bond acceptors (Lipinski definition) is 6. The molecule has 0 aromatic heterocycles. The third-order valence-corrected chi connectivity index (χ3v) is 3.35. The number of aliphatic hydroxyl groups is 1. The Morgan fingerprint density at radius 2 is 1.79 bits per heavy atom. The quantitative estimate of drug-likeness (QED) is 0.239. The van der Waals surface area contributed by atoms with Crippen molar-refractivity contribution in [3.05, 3.63) is 12.2 Å². The van der Waals surface area contributed by atoms with Crippen molar-refractivity contribution < 1.29 is 29.0 Å². The first-order chi connectivity index (χ1) is 11.5. The van der Waals surface area contributed by atoms with E-state index in [0.717, 1.165) is 25.7 Å². The summed E-state index contributed by atoms with van der Waals surface area (Å²) in [6, 6.07) is 0. The van der Waals surface area contributed by atoms with Gasteiger partial charge in [0.15, 0.2) is 0 Å². The second-order valence-electron chi connectivity index (χ2n) is 5.53. The largest absolute Gasteiger partial charge is 0.466 e. The molecule has 0 fully saturated rings. The Kier molecular flexibility index (Phi) is 13.8. The molecule has 1 unspecified atom stereocenters. The number of esters is 3. The number of rotatable bonds is 13. The molecule has 138 valence electrons. The Labute approximate surface area is 144 Å². The molecule has 6 heteroatoms. The standard InChI is InChI=1S/C18H30O6/c1-3-5-6-7-8-9-11-15(18(22)24-16(20)4-2)14-17(21)23-13-10-12-19/h9,11,15,19H,3-8,10,12-14H2,1-2H3. The Morgan fingerprint density at radius 1 is 1.04 bits per heavy atom. The van der Waals surface area contributed by atoms with Crippen molar-refractivity contribution in [1.29, 1.82) is 0 Å². The molecule has 0 heterocycles. The number of ether oxygens (including phenoxy) is 2. The summed E-state index contributed by atoms with van der Waals surface area (Å²) in [4.78, 5) is 35.0. The molecular formula is C18H30O6. The van der Waals surface area contributed by atoms with Gasteiger partial charge in [0.25, 0.3) is 0 Å². The lowest BCUT2D eigenvalue weighted by molar-refractivity contribution is -0.163. The first-order valence-corrected chi connectivity index (χ1v) is 8.72. The topological polar surface area (TPSA) is 89.9 Å². The van der Waals surface area contributed by atoms with Crippen molar-refractivity contribution in [2.75, 3.05) is 13.2 Å². The van der Waals surface area contributed by atoms with Crippen molar-refractivity contribution in [2.24, 2.45) is 5.92 Å². The highest BCUT2D eigenvalue weighted by molar-refractivity contribution is 5.89. The van der Waals surface area contributed by atoms with Crippen molar-refractivity contribution in [1.82, 2.24) is 0 Å². The van der Waals surface area contributed by atoms with Crippen LogP contribution in [0.1, 0.15) is 65.2 Å². The lowest BCUT2D eigenvalue weighted by Crippen LogP contribution is -2.23. The summed E-state index contributed by atoms with van der Waals surface area (Å²) in [6.07, 6.45) is 9.00. The van der Waals surface area contributed by atoms with E-state index in [0.29, 0.717) is 6.42 Å². The van der Waals surface area contributed by atoms with E-state index in [2.05, 4.69) is 6.92 Å². The van der Waals surface area contributed by atoms with Crippen molar-refractivity contribution >= 4 is 17.9 Å². The number of carbonyl (C=O) groups is 3. The van der Waals surface area contributed by atoms with Gasteiger partial charge >= 0.3 is 17.9 Å². The molecule has 0 aromatic carbocycles. The summed E-state index contributed by atoms with van der Waals surface area (Å²) in [5.41, 5.74) is 0. The van der Waals surface area contributed by atoms with Gasteiger partial charge in [0.2, 0.25) is 0 Å². The third-order valence-electron chi connectivity index (χ3n) is 3.35. The molecule has 0 bridgehead atoms. The van der Waals surface area contributed by atoms with E-state index in [4.69, 9.17) is 14.6 Å². The van der Waals surface area contributed by atoms with Gasteiger partial charge in [-0.25, -0.2) is 0 Å². The zero-order valence-corrected chi connectivity index (χ0v) is 14.8. The molecule has 6 nitrogen and oxygen atoms in total. The Bertz CT molecular complexity index is 402. The van der Waals surface area contributed by atoms with Crippen molar-refractivity contribution in [3.8, 4) is 0 Å². The van der Waals surface area contributed by atoms with E-state index in [1.807, 2.05) is 6.08 Å². The summed E-state index contributed by atoms with van der Waals surface area (Å²) in [5, 5.41) is 8.67. The van der Waals surface area contributed by atoms with Crippen LogP contribution in [0.3, 0.4) is 0 Å². The fraction of sp³-hybridized carbons (Fsp3) is 0.722. The van der Waals surface area contributed by atoms with Gasteiger partial charge in [0.05, 0.1) is 18.9 Å². The number of unbranched alkanes of at least 4 members (excludes halogenated alkanes) is 4. The minimum atomic E-state index is -0.826. The average Bonchev–Trinajstić information content (AvgIpc) is 2.56. The van der Waals surface area contributed by atoms with Crippen LogP contribution in [-0.2, 0) is 23.9 Å². The highest BCUT2D eigenvalue weighted by Gasteiger charge is 2.23. The maximum Gasteiger partial charge on any atom is 0.321 e. The van der Waals surface area contributed by atoms with Gasteiger partial charge in [-0.15, -0.1) is 0 Å². The van der Waals surface area contributed by atoms with Gasteiger partial charge in [-0.1, -0.05) is 45.3 Å². The lowest BCUT2D eigenvalue weighted by Gasteiger charge is -2.11. The molecule has 0 spiro atoms. The highest BCUT2D eigenvalue weighted by Crippen LogP contribution is 2.12. The van der Waals surface area contributed by atoms with Gasteiger partial charge in [-0.05, 0) is 12.8 Å². The predicted octanol–water partition coefficient (Wildman–Crippen LogP) is 2.92. The van der Waals surface area contributed by atoms with Crippen LogP contribution in [0.2, 0.25) is 0 Å². The van der Waals surface area contributed by atoms with Gasteiger partial charge in [0, 0.05) is 19.4 Å². The SMILES string of the molecule is CCCCCCC=CC(CC(=O)OCCCO)C(=O)OC(=O)CC. The summed E-state index contributed by atoms with van der Waals surface area (Å²) in [5.74, 6) is -2.72. The maximum atomic E-state index is 12.0. The number of allylic oxidation sites excluding steroid dienone is 1. The van der Waals surface area contributed by atoms with Crippen LogP contribution in [0.4, 0.5) is 0 Å². The molecule has 0 saturated heterocycles. The Morgan fingerprint density at radius 3 is 2.42 bits per heavy atom. The molecule has 0 aliphatic heterocycles. The van der Waals surface area contributed by atoms with E-state index in [-0.39, 0.29) is 26.1 Å². The molecule has 1 N–H and O–H groups in total. The van der Waals surface area contributed by atoms with Crippen LogP contribution in [-0.4, -0.2) is 36.2 Å². The van der Waals surface area contributed by atoms with Crippen LogP contribution < -0.4 is 0 Å². The van der Waals surface area contributed by atoms with Gasteiger partial charge in [-0.3, -0.25) is 14.4 Å². The van der Waals surface area contributed by atoms with E-state index >= 15 is 0 Å². The Hall–Kier alpha value is -1.69. The van der Waals surface area contributed by atoms with E-state index in [9.17, 15) is 14.4 Å². The lowest BCUT2D eigenvalue weighted by atomic mass is 10.0. The maximum absolute atomic E-state index is 12.0. The van der Waals surface area contributed by atoms with Crippen LogP contribution in [0.15, 0.2) is 12.2 Å². The van der Waals surface area contributed by atoms with Gasteiger partial charge in [-0.2, -0.15) is 0 Å². The Balaban J connectivity index is 4.52. The number of hydrogen-bond donors (Lipinski definition) is 1. The fourth-order valence-electron chi connectivity index (χ4n) is 1.93. The first-order valence-electron chi connectivity index (χ1n) is 8.72. The van der Waals surface area contributed by atoms with E-state index < -0.39 is 23.8 Å². The van der Waals surface area contributed by atoms with Gasteiger partial charge < -0.3 is 14.6 Å². The molecule has 0 aliphatic rings. The summed E-state index contributed by atoms with van der Waals surface area (Å²) >= 11 is 0. The number of carbonyl (C=O) groups excluding carboxylic acids is 3. The molecule has 0 radical (unpaired) electrons. The molecule has 1 atom stereocenters. The molecule has 24 heavy (non-hydrogen) atoms. The second-order valence-corrected chi connectivity index (χ2v) is 5.53. The fourth-order valence-corrected chi connectivity index (χ4v) is 1.93. The van der Waals surface area contributed by atoms with Gasteiger partial charge in [0.1, 0.15) is 0 Å². The summed E-state index contributed by atoms with van der Waals surface area (Å²) < 4.78 is 9.64. The number of aliphatic hydroxyl groups excluding tert-OH is 1. The monoisotopic (exact) mass is 342 g/mol. The van der Waals surface area contributed by atoms with Crippen LogP contribution >= 0.6 is 0 Å². The molecule has 0 amide bonds. The molecule has 0 aliphatic carbocycles. The molecular weight excluding hydrogens is 312 g/mol. The van der Waals surface area contributed by atoms with Crippen molar-refractivity contribution in [3.63, 3.8) is 0 Å². The van der Waals surface area contributed by atoms with Crippen LogP contribution in [0.5, 0.6) is 0 Å². The minimum absolute atomic E-state index is 0.0680. The molecule has 0 saturated carbocycles. The van der Waals surface area contributed by atoms with Crippen LogP contribution in [0.25, 0.3) is 0 Å². The normalized spacial score (nSPS) is 12.1. The summed E-state index contributed by atoms with van der Waals surface area (Å²) in [7, 11) is 0.